The van der Waals surface area contributed by atoms with Crippen LogP contribution >= 0.6 is 0 Å². The molecule has 1 N–H and O–H groups in total. The Hall–Kier alpha value is -2.36. The van der Waals surface area contributed by atoms with E-state index in [1.165, 1.54) is 42.4 Å². The van der Waals surface area contributed by atoms with Crippen molar-refractivity contribution in [3.63, 3.8) is 0 Å². The van der Waals surface area contributed by atoms with Crippen molar-refractivity contribution < 1.29 is 9.18 Å². The lowest BCUT2D eigenvalue weighted by molar-refractivity contribution is -0.111. The molecule has 0 atom stereocenters. The summed E-state index contributed by atoms with van der Waals surface area (Å²) in [5.41, 5.74) is 4.84. The largest absolute Gasteiger partial charge is 0.346 e. The molecular weight excluding hydrogens is 291 g/mol. The average molecular weight is 312 g/mol. The predicted octanol–water partition coefficient (Wildman–Crippen LogP) is 4.54. The van der Waals surface area contributed by atoms with Crippen LogP contribution in [0.25, 0.3) is 6.08 Å². The molecule has 23 heavy (non-hydrogen) atoms. The lowest BCUT2D eigenvalue weighted by Crippen LogP contribution is -2.09. The van der Waals surface area contributed by atoms with Crippen molar-refractivity contribution in [1.82, 2.24) is 4.57 Å². The van der Waals surface area contributed by atoms with Crippen LogP contribution in [0.3, 0.4) is 0 Å². The van der Waals surface area contributed by atoms with E-state index < -0.39 is 0 Å². The number of carbonyl (C=O) groups is 1. The number of amides is 1. The van der Waals surface area contributed by atoms with Gasteiger partial charge in [0.2, 0.25) is 5.91 Å². The first-order chi connectivity index (χ1) is 11.0. The van der Waals surface area contributed by atoms with Gasteiger partial charge in [0, 0.05) is 29.2 Å². The number of nitrogens with zero attached hydrogens (tertiary/aromatic N) is 1. The molecular formula is C19H21FN2O. The molecule has 120 valence electrons. The van der Waals surface area contributed by atoms with Gasteiger partial charge in [0.25, 0.3) is 0 Å². The van der Waals surface area contributed by atoms with Crippen molar-refractivity contribution in [2.24, 2.45) is 0 Å². The van der Waals surface area contributed by atoms with Gasteiger partial charge >= 0.3 is 0 Å². The van der Waals surface area contributed by atoms with Gasteiger partial charge in [-0.25, -0.2) is 4.39 Å². The molecule has 1 saturated carbocycles. The third-order valence-corrected chi connectivity index (χ3v) is 4.30. The highest BCUT2D eigenvalue weighted by molar-refractivity contribution is 6.02. The highest BCUT2D eigenvalue weighted by atomic mass is 19.1. The molecule has 0 saturated heterocycles. The molecule has 1 aliphatic carbocycles. The van der Waals surface area contributed by atoms with Crippen LogP contribution in [0.2, 0.25) is 0 Å². The molecule has 1 heterocycles. The fraction of sp³-hybridized carbons (Fsp3) is 0.316. The van der Waals surface area contributed by atoms with Crippen LogP contribution in [0, 0.1) is 26.6 Å². The van der Waals surface area contributed by atoms with E-state index in [-0.39, 0.29) is 11.7 Å². The zero-order chi connectivity index (χ0) is 16.6. The Kier molecular flexibility index (Phi) is 4.07. The quantitative estimate of drug-likeness (QED) is 0.826. The van der Waals surface area contributed by atoms with Crippen LogP contribution < -0.4 is 5.32 Å². The van der Waals surface area contributed by atoms with E-state index >= 15 is 0 Å². The smallest absolute Gasteiger partial charge is 0.248 e. The first kappa shape index (κ1) is 15.5. The zero-order valence-corrected chi connectivity index (χ0v) is 13.7. The van der Waals surface area contributed by atoms with E-state index in [1.807, 2.05) is 6.08 Å². The molecule has 0 bridgehead atoms. The molecule has 0 aliphatic heterocycles. The molecule has 4 heteroatoms. The van der Waals surface area contributed by atoms with Crippen LogP contribution in [0.5, 0.6) is 0 Å². The van der Waals surface area contributed by atoms with Crippen LogP contribution in [-0.2, 0) is 4.79 Å². The van der Waals surface area contributed by atoms with Crippen molar-refractivity contribution in [3.8, 4) is 0 Å². The predicted molar refractivity (Wildman–Crippen MR) is 91.0 cm³/mol. The average Bonchev–Trinajstić information content (AvgIpc) is 3.27. The van der Waals surface area contributed by atoms with Crippen molar-refractivity contribution >= 4 is 17.7 Å². The van der Waals surface area contributed by atoms with Gasteiger partial charge in [-0.05, 0) is 75.1 Å². The molecule has 0 spiro atoms. The molecule has 1 aromatic carbocycles. The van der Waals surface area contributed by atoms with Gasteiger partial charge in [-0.1, -0.05) is 0 Å². The zero-order valence-electron chi connectivity index (χ0n) is 13.7. The third kappa shape index (κ3) is 3.36. The van der Waals surface area contributed by atoms with Crippen molar-refractivity contribution in [1.29, 1.82) is 0 Å². The molecule has 1 fully saturated rings. The number of aromatic nitrogens is 1. The maximum absolute atomic E-state index is 13.1. The number of halogens is 1. The molecule has 3 rings (SSSR count). The van der Waals surface area contributed by atoms with Gasteiger partial charge in [0.1, 0.15) is 5.82 Å². The van der Waals surface area contributed by atoms with Gasteiger partial charge in [-0.3, -0.25) is 4.79 Å². The van der Waals surface area contributed by atoms with Crippen LogP contribution in [0.4, 0.5) is 10.1 Å². The van der Waals surface area contributed by atoms with Gasteiger partial charge in [-0.15, -0.1) is 0 Å². The summed E-state index contributed by atoms with van der Waals surface area (Å²) >= 11 is 0. The summed E-state index contributed by atoms with van der Waals surface area (Å²) in [6.07, 6.45) is 5.85. The molecule has 0 radical (unpaired) electrons. The maximum atomic E-state index is 13.1. The standard InChI is InChI=1S/C19H21FN2O/c1-12-10-16(20)5-8-18(12)21-19(23)9-4-15-11-13(2)22(14(15)3)17-6-7-17/h4-5,8-11,17H,6-7H2,1-3H3,(H,21,23)/b9-4+. The lowest BCUT2D eigenvalue weighted by Gasteiger charge is -2.07. The van der Waals surface area contributed by atoms with Gasteiger partial charge in [-0.2, -0.15) is 0 Å². The molecule has 3 nitrogen and oxygen atoms in total. The first-order valence-electron chi connectivity index (χ1n) is 7.89. The Morgan fingerprint density at radius 1 is 1.26 bits per heavy atom. The molecule has 0 unspecified atom stereocenters. The van der Waals surface area contributed by atoms with E-state index in [4.69, 9.17) is 0 Å². The molecule has 1 aliphatic rings. The Morgan fingerprint density at radius 2 is 2.00 bits per heavy atom. The van der Waals surface area contributed by atoms with Crippen molar-refractivity contribution in [2.75, 3.05) is 5.32 Å². The topological polar surface area (TPSA) is 34.0 Å². The fourth-order valence-electron chi connectivity index (χ4n) is 2.97. The minimum absolute atomic E-state index is 0.212. The number of carbonyl (C=O) groups excluding carboxylic acids is 1. The lowest BCUT2D eigenvalue weighted by atomic mass is 10.2. The minimum Gasteiger partial charge on any atom is -0.346 e. The van der Waals surface area contributed by atoms with Crippen LogP contribution in [0.15, 0.2) is 30.3 Å². The number of anilines is 1. The number of rotatable bonds is 4. The number of nitrogens with one attached hydrogen (secondary N) is 1. The molecule has 1 aromatic heterocycles. The minimum atomic E-state index is -0.302. The number of hydrogen-bond donors (Lipinski definition) is 1. The fourth-order valence-corrected chi connectivity index (χ4v) is 2.97. The van der Waals surface area contributed by atoms with Gasteiger partial charge in [0.05, 0.1) is 0 Å². The van der Waals surface area contributed by atoms with E-state index in [0.717, 1.165) is 5.56 Å². The van der Waals surface area contributed by atoms with Gasteiger partial charge < -0.3 is 9.88 Å². The summed E-state index contributed by atoms with van der Waals surface area (Å²) in [6.45, 7) is 5.96. The number of benzene rings is 1. The Labute approximate surface area is 135 Å². The second-order valence-corrected chi connectivity index (χ2v) is 6.21. The summed E-state index contributed by atoms with van der Waals surface area (Å²) in [5.74, 6) is -0.514. The highest BCUT2D eigenvalue weighted by Crippen LogP contribution is 2.38. The summed E-state index contributed by atoms with van der Waals surface area (Å²) in [4.78, 5) is 12.1. The SMILES string of the molecule is Cc1cc(F)ccc1NC(=O)/C=C/c1cc(C)n(C2CC2)c1C. The van der Waals surface area contributed by atoms with E-state index in [1.54, 1.807) is 13.0 Å². The summed E-state index contributed by atoms with van der Waals surface area (Å²) < 4.78 is 15.4. The van der Waals surface area contributed by atoms with Gasteiger partial charge in [0.15, 0.2) is 0 Å². The second-order valence-electron chi connectivity index (χ2n) is 6.21. The summed E-state index contributed by atoms with van der Waals surface area (Å²) in [7, 11) is 0. The Morgan fingerprint density at radius 3 is 2.65 bits per heavy atom. The van der Waals surface area contributed by atoms with Crippen molar-refractivity contribution in [3.05, 3.63) is 58.7 Å². The van der Waals surface area contributed by atoms with Crippen LogP contribution in [0.1, 0.15) is 41.4 Å². The number of aryl methyl sites for hydroxylation is 2. The maximum Gasteiger partial charge on any atom is 0.248 e. The third-order valence-electron chi connectivity index (χ3n) is 4.30. The summed E-state index contributed by atoms with van der Waals surface area (Å²) in [5, 5.41) is 2.78. The Bertz CT molecular complexity index is 785. The first-order valence-corrected chi connectivity index (χ1v) is 7.89. The van der Waals surface area contributed by atoms with Crippen LogP contribution in [-0.4, -0.2) is 10.5 Å². The molecule has 1 amide bonds. The molecule has 2 aromatic rings. The number of hydrogen-bond acceptors (Lipinski definition) is 1. The van der Waals surface area contributed by atoms with Crippen molar-refractivity contribution in [2.45, 2.75) is 39.7 Å². The van der Waals surface area contributed by atoms with E-state index in [0.29, 0.717) is 17.3 Å². The summed E-state index contributed by atoms with van der Waals surface area (Å²) in [6, 6.07) is 7.07. The van der Waals surface area contributed by atoms with E-state index in [2.05, 4.69) is 29.8 Å². The second kappa shape index (κ2) is 6.03. The normalized spacial score (nSPS) is 14.4. The highest BCUT2D eigenvalue weighted by Gasteiger charge is 2.26. The monoisotopic (exact) mass is 312 g/mol. The van der Waals surface area contributed by atoms with E-state index in [9.17, 15) is 9.18 Å². The Balaban J connectivity index is 1.72.